The third-order valence-electron chi connectivity index (χ3n) is 3.64. The first-order valence-electron chi connectivity index (χ1n) is 6.99. The Morgan fingerprint density at radius 1 is 1.14 bits per heavy atom. The first-order chi connectivity index (χ1) is 10.2. The predicted octanol–water partition coefficient (Wildman–Crippen LogP) is 2.36. The molecule has 0 saturated carbocycles. The van der Waals surface area contributed by atoms with E-state index in [1.54, 1.807) is 23.1 Å². The number of rotatable bonds is 2. The summed E-state index contributed by atoms with van der Waals surface area (Å²) >= 11 is 0. The average Bonchev–Trinajstić information content (AvgIpc) is 2.72. The Kier molecular flexibility index (Phi) is 3.77. The van der Waals surface area contributed by atoms with Gasteiger partial charge in [-0.2, -0.15) is 0 Å². The van der Waals surface area contributed by atoms with Crippen molar-refractivity contribution in [1.82, 2.24) is 4.90 Å². The van der Waals surface area contributed by atoms with Gasteiger partial charge in [-0.25, -0.2) is 0 Å². The molecule has 3 rings (SSSR count). The number of hydrogen-bond donors (Lipinski definition) is 1. The highest BCUT2D eigenvalue weighted by molar-refractivity contribution is 5.79. The molecule has 1 amide bonds. The number of fused-ring (bicyclic) bond motifs is 1. The molecule has 0 spiro atoms. The molecule has 1 aliphatic heterocycles. The summed E-state index contributed by atoms with van der Waals surface area (Å²) in [5.74, 6) is 1.00. The summed E-state index contributed by atoms with van der Waals surface area (Å²) in [6, 6.07) is 14.7. The smallest absolute Gasteiger partial charge is 0.227 e. The standard InChI is InChI=1S/C17H17NO3/c19-15-7-3-1-5-13(15)11-17(20)18-9-10-21-16-8-4-2-6-14(16)12-18/h1-8,19H,9-12H2. The van der Waals surface area contributed by atoms with Crippen molar-refractivity contribution in [3.8, 4) is 11.5 Å². The maximum atomic E-state index is 12.4. The number of nitrogens with zero attached hydrogens (tertiary/aromatic N) is 1. The second-order valence-electron chi connectivity index (χ2n) is 5.08. The number of benzene rings is 2. The van der Waals surface area contributed by atoms with E-state index < -0.39 is 0 Å². The van der Waals surface area contributed by atoms with Gasteiger partial charge in [-0.3, -0.25) is 4.79 Å². The molecule has 0 atom stereocenters. The Balaban J connectivity index is 1.75. The Morgan fingerprint density at radius 3 is 2.76 bits per heavy atom. The van der Waals surface area contributed by atoms with E-state index in [0.29, 0.717) is 25.3 Å². The molecule has 108 valence electrons. The van der Waals surface area contributed by atoms with Crippen LogP contribution in [0.5, 0.6) is 11.5 Å². The minimum absolute atomic E-state index is 0.00296. The van der Waals surface area contributed by atoms with Crippen LogP contribution in [0, 0.1) is 0 Å². The lowest BCUT2D eigenvalue weighted by atomic mass is 10.1. The summed E-state index contributed by atoms with van der Waals surface area (Å²) in [6.45, 7) is 1.59. The van der Waals surface area contributed by atoms with Crippen molar-refractivity contribution in [1.29, 1.82) is 0 Å². The Bertz CT molecular complexity index is 654. The SMILES string of the molecule is O=C(Cc1ccccc1O)N1CCOc2ccccc2C1. The van der Waals surface area contributed by atoms with E-state index in [2.05, 4.69) is 0 Å². The van der Waals surface area contributed by atoms with Gasteiger partial charge in [-0.1, -0.05) is 36.4 Å². The Labute approximate surface area is 123 Å². The molecule has 1 heterocycles. The van der Waals surface area contributed by atoms with Crippen molar-refractivity contribution >= 4 is 5.91 Å². The van der Waals surface area contributed by atoms with Crippen LogP contribution in [-0.2, 0) is 17.8 Å². The summed E-state index contributed by atoms with van der Waals surface area (Å²) in [7, 11) is 0. The third-order valence-corrected chi connectivity index (χ3v) is 3.64. The lowest BCUT2D eigenvalue weighted by Crippen LogP contribution is -2.33. The highest BCUT2D eigenvalue weighted by Crippen LogP contribution is 2.23. The molecule has 2 aromatic carbocycles. The van der Waals surface area contributed by atoms with Gasteiger partial charge in [0.05, 0.1) is 13.0 Å². The van der Waals surface area contributed by atoms with Crippen LogP contribution >= 0.6 is 0 Å². The van der Waals surface area contributed by atoms with E-state index >= 15 is 0 Å². The molecular weight excluding hydrogens is 266 g/mol. The van der Waals surface area contributed by atoms with Crippen LogP contribution in [0.25, 0.3) is 0 Å². The van der Waals surface area contributed by atoms with Crippen LogP contribution in [0.1, 0.15) is 11.1 Å². The third kappa shape index (κ3) is 2.99. The fourth-order valence-corrected chi connectivity index (χ4v) is 2.47. The van der Waals surface area contributed by atoms with Gasteiger partial charge < -0.3 is 14.7 Å². The predicted molar refractivity (Wildman–Crippen MR) is 79.2 cm³/mol. The Hall–Kier alpha value is -2.49. The van der Waals surface area contributed by atoms with Gasteiger partial charge in [0, 0.05) is 17.7 Å². The van der Waals surface area contributed by atoms with Gasteiger partial charge in [0.25, 0.3) is 0 Å². The number of para-hydroxylation sites is 2. The summed E-state index contributed by atoms with van der Waals surface area (Å²) in [4.78, 5) is 14.2. The van der Waals surface area contributed by atoms with E-state index in [9.17, 15) is 9.90 Å². The molecular formula is C17H17NO3. The van der Waals surface area contributed by atoms with Gasteiger partial charge in [0.1, 0.15) is 18.1 Å². The maximum Gasteiger partial charge on any atom is 0.227 e. The molecule has 1 aliphatic rings. The van der Waals surface area contributed by atoms with Crippen molar-refractivity contribution in [3.63, 3.8) is 0 Å². The van der Waals surface area contributed by atoms with Crippen LogP contribution in [0.4, 0.5) is 0 Å². The molecule has 0 radical (unpaired) electrons. The summed E-state index contributed by atoms with van der Waals surface area (Å²) in [5.41, 5.74) is 1.67. The first-order valence-corrected chi connectivity index (χ1v) is 6.99. The second-order valence-corrected chi connectivity index (χ2v) is 5.08. The van der Waals surface area contributed by atoms with Gasteiger partial charge in [0.2, 0.25) is 5.91 Å². The molecule has 2 aromatic rings. The lowest BCUT2D eigenvalue weighted by Gasteiger charge is -2.20. The number of aromatic hydroxyl groups is 1. The van der Waals surface area contributed by atoms with E-state index in [4.69, 9.17) is 4.74 Å². The highest BCUT2D eigenvalue weighted by atomic mass is 16.5. The lowest BCUT2D eigenvalue weighted by molar-refractivity contribution is -0.131. The fraction of sp³-hybridized carbons (Fsp3) is 0.235. The molecule has 0 bridgehead atoms. The first kappa shape index (κ1) is 13.5. The number of phenolic OH excluding ortho intramolecular Hbond substituents is 1. The second kappa shape index (κ2) is 5.87. The molecule has 1 N–H and O–H groups in total. The van der Waals surface area contributed by atoms with Gasteiger partial charge in [0.15, 0.2) is 0 Å². The number of phenols is 1. The average molecular weight is 283 g/mol. The van der Waals surface area contributed by atoms with E-state index in [0.717, 1.165) is 11.3 Å². The van der Waals surface area contributed by atoms with Gasteiger partial charge in [-0.05, 0) is 12.1 Å². The number of amides is 1. The molecule has 0 fully saturated rings. The van der Waals surface area contributed by atoms with Crippen LogP contribution in [0.2, 0.25) is 0 Å². The van der Waals surface area contributed by atoms with Crippen LogP contribution in [-0.4, -0.2) is 29.1 Å². The minimum Gasteiger partial charge on any atom is -0.508 e. The van der Waals surface area contributed by atoms with Crippen LogP contribution in [0.15, 0.2) is 48.5 Å². The summed E-state index contributed by atoms with van der Waals surface area (Å²) in [5, 5.41) is 9.78. The summed E-state index contributed by atoms with van der Waals surface area (Å²) < 4.78 is 5.66. The summed E-state index contributed by atoms with van der Waals surface area (Å²) in [6.07, 6.45) is 0.203. The molecule has 21 heavy (non-hydrogen) atoms. The van der Waals surface area contributed by atoms with Crippen molar-refractivity contribution in [2.24, 2.45) is 0 Å². The van der Waals surface area contributed by atoms with Crippen molar-refractivity contribution < 1.29 is 14.6 Å². The quantitative estimate of drug-likeness (QED) is 0.920. The van der Waals surface area contributed by atoms with Crippen molar-refractivity contribution in [2.75, 3.05) is 13.2 Å². The van der Waals surface area contributed by atoms with Crippen LogP contribution in [0.3, 0.4) is 0 Å². The molecule has 0 aliphatic carbocycles. The topological polar surface area (TPSA) is 49.8 Å². The van der Waals surface area contributed by atoms with Gasteiger partial charge >= 0.3 is 0 Å². The zero-order chi connectivity index (χ0) is 14.7. The van der Waals surface area contributed by atoms with Gasteiger partial charge in [-0.15, -0.1) is 0 Å². The normalized spacial score (nSPS) is 14.0. The van der Waals surface area contributed by atoms with Crippen molar-refractivity contribution in [2.45, 2.75) is 13.0 Å². The number of hydrogen-bond acceptors (Lipinski definition) is 3. The highest BCUT2D eigenvalue weighted by Gasteiger charge is 2.20. The molecule has 4 nitrogen and oxygen atoms in total. The fourth-order valence-electron chi connectivity index (χ4n) is 2.47. The van der Waals surface area contributed by atoms with Crippen LogP contribution < -0.4 is 4.74 Å². The molecule has 4 heteroatoms. The number of carbonyl (C=O) groups is 1. The van der Waals surface area contributed by atoms with E-state index in [1.807, 2.05) is 30.3 Å². The number of carbonyl (C=O) groups excluding carboxylic acids is 1. The minimum atomic E-state index is -0.00296. The maximum absolute atomic E-state index is 12.4. The Morgan fingerprint density at radius 2 is 1.90 bits per heavy atom. The number of ether oxygens (including phenoxy) is 1. The molecule has 0 unspecified atom stereocenters. The monoisotopic (exact) mass is 283 g/mol. The van der Waals surface area contributed by atoms with Crippen molar-refractivity contribution in [3.05, 3.63) is 59.7 Å². The molecule has 0 aromatic heterocycles. The zero-order valence-electron chi connectivity index (χ0n) is 11.7. The molecule has 0 saturated heterocycles. The van der Waals surface area contributed by atoms with E-state index in [-0.39, 0.29) is 18.1 Å². The zero-order valence-corrected chi connectivity index (χ0v) is 11.7. The largest absolute Gasteiger partial charge is 0.508 e. The van der Waals surface area contributed by atoms with E-state index in [1.165, 1.54) is 0 Å².